The van der Waals surface area contributed by atoms with Crippen molar-refractivity contribution >= 4 is 33.2 Å². The molecule has 0 bridgehead atoms. The highest BCUT2D eigenvalue weighted by molar-refractivity contribution is 9.10. The van der Waals surface area contributed by atoms with Gasteiger partial charge in [0.15, 0.2) is 0 Å². The monoisotopic (exact) mass is 341 g/mol. The third-order valence-electron chi connectivity index (χ3n) is 3.56. The van der Waals surface area contributed by atoms with Gasteiger partial charge in [0, 0.05) is 22.5 Å². The predicted molar refractivity (Wildman–Crippen MR) is 79.4 cm³/mol. The summed E-state index contributed by atoms with van der Waals surface area (Å²) in [6.45, 7) is 0. The Morgan fingerprint density at radius 1 is 1.35 bits per heavy atom. The zero-order valence-electron chi connectivity index (χ0n) is 10.8. The molecule has 1 saturated carbocycles. The number of benzene rings is 1. The van der Waals surface area contributed by atoms with Crippen LogP contribution < -0.4 is 11.1 Å². The SMILES string of the molecule is NC1CCC(C(=O)Nc2ccc(Br)cc2[N+](=O)[O-])CC1. The predicted octanol–water partition coefficient (Wildman–Crippen LogP) is 2.81. The number of nitrogens with two attached hydrogens (primary N) is 1. The topological polar surface area (TPSA) is 98.3 Å². The lowest BCUT2D eigenvalue weighted by Crippen LogP contribution is -2.32. The zero-order valence-corrected chi connectivity index (χ0v) is 12.4. The van der Waals surface area contributed by atoms with Crippen molar-refractivity contribution in [1.29, 1.82) is 0 Å². The summed E-state index contributed by atoms with van der Waals surface area (Å²) in [6, 6.07) is 4.75. The van der Waals surface area contributed by atoms with E-state index in [1.54, 1.807) is 6.07 Å². The van der Waals surface area contributed by atoms with Crippen molar-refractivity contribution in [1.82, 2.24) is 0 Å². The Balaban J connectivity index is 2.10. The molecule has 20 heavy (non-hydrogen) atoms. The number of nitrogens with zero attached hydrogens (tertiary/aromatic N) is 1. The maximum Gasteiger partial charge on any atom is 0.293 e. The van der Waals surface area contributed by atoms with E-state index in [4.69, 9.17) is 5.73 Å². The van der Waals surface area contributed by atoms with E-state index < -0.39 is 4.92 Å². The van der Waals surface area contributed by atoms with Gasteiger partial charge < -0.3 is 11.1 Å². The molecular formula is C13H16BrN3O3. The average Bonchev–Trinajstić information content (AvgIpc) is 2.41. The summed E-state index contributed by atoms with van der Waals surface area (Å²) >= 11 is 3.18. The number of hydrogen-bond acceptors (Lipinski definition) is 4. The van der Waals surface area contributed by atoms with Gasteiger partial charge in [0.1, 0.15) is 5.69 Å². The van der Waals surface area contributed by atoms with Crippen molar-refractivity contribution in [3.05, 3.63) is 32.8 Å². The third kappa shape index (κ3) is 3.55. The van der Waals surface area contributed by atoms with Crippen LogP contribution in [0.5, 0.6) is 0 Å². The minimum Gasteiger partial charge on any atom is -0.328 e. The number of carbonyl (C=O) groups is 1. The van der Waals surface area contributed by atoms with Crippen molar-refractivity contribution < 1.29 is 9.72 Å². The number of amides is 1. The summed E-state index contributed by atoms with van der Waals surface area (Å²) in [5.74, 6) is -0.277. The van der Waals surface area contributed by atoms with Crippen LogP contribution in [0.15, 0.2) is 22.7 Å². The Bertz CT molecular complexity index is 528. The summed E-state index contributed by atoms with van der Waals surface area (Å²) in [6.07, 6.45) is 3.11. The third-order valence-corrected chi connectivity index (χ3v) is 4.05. The van der Waals surface area contributed by atoms with Crippen LogP contribution in [0.2, 0.25) is 0 Å². The summed E-state index contributed by atoms with van der Waals surface area (Å²) in [5, 5.41) is 13.7. The Hall–Kier alpha value is -1.47. The maximum atomic E-state index is 12.1. The van der Waals surface area contributed by atoms with Crippen LogP contribution in [-0.2, 0) is 4.79 Å². The zero-order chi connectivity index (χ0) is 14.7. The van der Waals surface area contributed by atoms with E-state index >= 15 is 0 Å². The molecule has 2 rings (SSSR count). The first-order valence-corrected chi connectivity index (χ1v) is 7.27. The molecule has 0 spiro atoms. The minimum absolute atomic E-state index is 0.111. The number of halogens is 1. The molecule has 1 fully saturated rings. The Kier molecular flexibility index (Phi) is 4.72. The summed E-state index contributed by atoms with van der Waals surface area (Å²) in [7, 11) is 0. The Morgan fingerprint density at radius 2 is 2.00 bits per heavy atom. The van der Waals surface area contributed by atoms with Crippen LogP contribution in [-0.4, -0.2) is 16.9 Å². The van der Waals surface area contributed by atoms with E-state index in [9.17, 15) is 14.9 Å². The van der Waals surface area contributed by atoms with Gasteiger partial charge in [0.25, 0.3) is 5.69 Å². The number of rotatable bonds is 3. The Labute approximate surface area is 125 Å². The largest absolute Gasteiger partial charge is 0.328 e. The maximum absolute atomic E-state index is 12.1. The number of nitrogens with one attached hydrogen (secondary N) is 1. The number of carbonyl (C=O) groups excluding carboxylic acids is 1. The fourth-order valence-electron chi connectivity index (χ4n) is 2.38. The molecule has 1 amide bonds. The van der Waals surface area contributed by atoms with E-state index in [1.165, 1.54) is 12.1 Å². The number of nitro groups is 1. The summed E-state index contributed by atoms with van der Waals surface area (Å²) in [4.78, 5) is 22.6. The number of hydrogen-bond donors (Lipinski definition) is 2. The van der Waals surface area contributed by atoms with Gasteiger partial charge in [-0.1, -0.05) is 15.9 Å². The molecule has 0 heterocycles. The molecule has 108 valence electrons. The van der Waals surface area contributed by atoms with Gasteiger partial charge in [-0.25, -0.2) is 0 Å². The Morgan fingerprint density at radius 3 is 2.60 bits per heavy atom. The first kappa shape index (κ1) is 14.9. The highest BCUT2D eigenvalue weighted by Crippen LogP contribution is 2.30. The van der Waals surface area contributed by atoms with Crippen LogP contribution >= 0.6 is 15.9 Å². The molecule has 0 saturated heterocycles. The van der Waals surface area contributed by atoms with Gasteiger partial charge in [-0.2, -0.15) is 0 Å². The fraction of sp³-hybridized carbons (Fsp3) is 0.462. The van der Waals surface area contributed by atoms with Gasteiger partial charge >= 0.3 is 0 Å². The van der Waals surface area contributed by atoms with Gasteiger partial charge in [-0.05, 0) is 37.8 Å². The second-order valence-electron chi connectivity index (χ2n) is 5.02. The van der Waals surface area contributed by atoms with E-state index in [2.05, 4.69) is 21.2 Å². The molecule has 3 N–H and O–H groups in total. The molecule has 0 aromatic heterocycles. The molecule has 0 radical (unpaired) electrons. The lowest BCUT2D eigenvalue weighted by molar-refractivity contribution is -0.384. The average molecular weight is 342 g/mol. The van der Waals surface area contributed by atoms with Crippen molar-refractivity contribution in [3.63, 3.8) is 0 Å². The van der Waals surface area contributed by atoms with E-state index in [-0.39, 0.29) is 29.2 Å². The van der Waals surface area contributed by atoms with Crippen LogP contribution in [0.1, 0.15) is 25.7 Å². The van der Waals surface area contributed by atoms with Crippen LogP contribution in [0.25, 0.3) is 0 Å². The van der Waals surface area contributed by atoms with Gasteiger partial charge in [0.05, 0.1) is 4.92 Å². The fourth-order valence-corrected chi connectivity index (χ4v) is 2.73. The van der Waals surface area contributed by atoms with Gasteiger partial charge in [0.2, 0.25) is 5.91 Å². The van der Waals surface area contributed by atoms with Crippen LogP contribution in [0.4, 0.5) is 11.4 Å². The minimum atomic E-state index is -0.503. The summed E-state index contributed by atoms with van der Waals surface area (Å²) in [5.41, 5.74) is 5.93. The molecule has 1 aromatic rings. The molecule has 7 heteroatoms. The smallest absolute Gasteiger partial charge is 0.293 e. The highest BCUT2D eigenvalue weighted by Gasteiger charge is 2.26. The van der Waals surface area contributed by atoms with Crippen molar-refractivity contribution in [2.75, 3.05) is 5.32 Å². The highest BCUT2D eigenvalue weighted by atomic mass is 79.9. The molecule has 0 aliphatic heterocycles. The lowest BCUT2D eigenvalue weighted by atomic mass is 9.86. The van der Waals surface area contributed by atoms with Crippen LogP contribution in [0.3, 0.4) is 0 Å². The van der Waals surface area contributed by atoms with Crippen molar-refractivity contribution in [3.8, 4) is 0 Å². The molecule has 6 nitrogen and oxygen atoms in total. The first-order chi connectivity index (χ1) is 9.47. The second kappa shape index (κ2) is 6.32. The van der Waals surface area contributed by atoms with E-state index in [0.717, 1.165) is 25.7 Å². The van der Waals surface area contributed by atoms with Gasteiger partial charge in [-0.15, -0.1) is 0 Å². The molecule has 0 atom stereocenters. The molecule has 0 unspecified atom stereocenters. The molecule has 1 aromatic carbocycles. The van der Waals surface area contributed by atoms with Crippen molar-refractivity contribution in [2.24, 2.45) is 11.7 Å². The number of nitro benzene ring substituents is 1. The molecular weight excluding hydrogens is 326 g/mol. The second-order valence-corrected chi connectivity index (χ2v) is 5.94. The molecule has 1 aliphatic rings. The lowest BCUT2D eigenvalue weighted by Gasteiger charge is -2.25. The van der Waals surface area contributed by atoms with Gasteiger partial charge in [-0.3, -0.25) is 14.9 Å². The van der Waals surface area contributed by atoms with Crippen molar-refractivity contribution in [2.45, 2.75) is 31.7 Å². The molecule has 1 aliphatic carbocycles. The normalized spacial score (nSPS) is 22.3. The van der Waals surface area contributed by atoms with E-state index in [1.807, 2.05) is 0 Å². The van der Waals surface area contributed by atoms with Crippen LogP contribution in [0, 0.1) is 16.0 Å². The first-order valence-electron chi connectivity index (χ1n) is 6.47. The number of anilines is 1. The van der Waals surface area contributed by atoms with E-state index in [0.29, 0.717) is 4.47 Å². The standard InChI is InChI=1S/C13H16BrN3O3/c14-9-3-6-11(12(7-9)17(19)20)16-13(18)8-1-4-10(15)5-2-8/h3,6-8,10H,1-2,4-5,15H2,(H,16,18). The quantitative estimate of drug-likeness (QED) is 0.652. The summed E-state index contributed by atoms with van der Waals surface area (Å²) < 4.78 is 0.603.